The topological polar surface area (TPSA) is 61.3 Å². The quantitative estimate of drug-likeness (QED) is 0.791. The molecule has 20 heavy (non-hydrogen) atoms. The Morgan fingerprint density at radius 2 is 2.15 bits per heavy atom. The molecule has 2 heterocycles. The van der Waals surface area contributed by atoms with Crippen LogP contribution in [0.3, 0.4) is 0 Å². The van der Waals surface area contributed by atoms with Gasteiger partial charge < -0.3 is 15.0 Å². The molecule has 2 N–H and O–H groups in total. The second kappa shape index (κ2) is 5.02. The highest BCUT2D eigenvalue weighted by molar-refractivity contribution is 7.13. The van der Waals surface area contributed by atoms with Crippen LogP contribution in [0.25, 0.3) is 21.8 Å². The largest absolute Gasteiger partial charge is 0.496 e. The van der Waals surface area contributed by atoms with Crippen molar-refractivity contribution in [3.05, 3.63) is 41.3 Å². The highest BCUT2D eigenvalue weighted by atomic mass is 32.1. The van der Waals surface area contributed by atoms with Crippen LogP contribution in [0.15, 0.2) is 40.2 Å². The number of aryl methyl sites for hydroxylation is 1. The third-order valence-corrected chi connectivity index (χ3v) is 4.04. The van der Waals surface area contributed by atoms with Crippen LogP contribution in [0.1, 0.15) is 5.56 Å². The summed E-state index contributed by atoms with van der Waals surface area (Å²) < 4.78 is 10.8. The molecule has 0 unspecified atom stereocenters. The maximum Gasteiger partial charge on any atom is 0.177 e. The molecular weight excluding hydrogens is 272 g/mol. The van der Waals surface area contributed by atoms with Gasteiger partial charge in [-0.05, 0) is 30.0 Å². The lowest BCUT2D eigenvalue weighted by Gasteiger charge is -2.06. The lowest BCUT2D eigenvalue weighted by molar-refractivity contribution is 0.410. The number of rotatable bonds is 3. The number of ether oxygens (including phenoxy) is 1. The number of anilines is 1. The maximum atomic E-state index is 5.94. The average molecular weight is 286 g/mol. The lowest BCUT2D eigenvalue weighted by atomic mass is 10.0. The summed E-state index contributed by atoms with van der Waals surface area (Å²) >= 11 is 1.61. The number of thiophene rings is 1. The van der Waals surface area contributed by atoms with E-state index in [1.165, 1.54) is 0 Å². The van der Waals surface area contributed by atoms with Gasteiger partial charge in [-0.1, -0.05) is 23.4 Å². The van der Waals surface area contributed by atoms with Crippen LogP contribution in [0.2, 0.25) is 0 Å². The maximum absolute atomic E-state index is 5.94. The summed E-state index contributed by atoms with van der Waals surface area (Å²) in [6, 6.07) is 9.89. The zero-order chi connectivity index (χ0) is 14.1. The predicted molar refractivity (Wildman–Crippen MR) is 81.0 cm³/mol. The molecule has 0 amide bonds. The second-order valence-electron chi connectivity index (χ2n) is 4.43. The number of nitrogens with two attached hydrogens (primary N) is 1. The molecule has 0 bridgehead atoms. The molecule has 2 aromatic heterocycles. The summed E-state index contributed by atoms with van der Waals surface area (Å²) in [6.45, 7) is 2.00. The molecular formula is C15H14N2O2S. The van der Waals surface area contributed by atoms with Crippen molar-refractivity contribution in [1.29, 1.82) is 0 Å². The molecule has 0 fully saturated rings. The highest BCUT2D eigenvalue weighted by Crippen LogP contribution is 2.39. The second-order valence-corrected chi connectivity index (χ2v) is 5.38. The Bertz CT molecular complexity index is 732. The van der Waals surface area contributed by atoms with Crippen LogP contribution < -0.4 is 10.5 Å². The van der Waals surface area contributed by atoms with Gasteiger partial charge in [0.25, 0.3) is 0 Å². The van der Waals surface area contributed by atoms with Gasteiger partial charge in [0.15, 0.2) is 11.6 Å². The SMILES string of the molecule is COc1cc(-c2onc(N)c2-c2cccs2)ccc1C. The molecule has 0 aliphatic rings. The van der Waals surface area contributed by atoms with Gasteiger partial charge >= 0.3 is 0 Å². The number of aromatic nitrogens is 1. The van der Waals surface area contributed by atoms with Crippen molar-refractivity contribution in [2.75, 3.05) is 12.8 Å². The summed E-state index contributed by atoms with van der Waals surface area (Å²) in [7, 11) is 1.65. The third-order valence-electron chi connectivity index (χ3n) is 3.16. The van der Waals surface area contributed by atoms with E-state index in [4.69, 9.17) is 15.0 Å². The minimum atomic E-state index is 0.405. The Hall–Kier alpha value is -2.27. The summed E-state index contributed by atoms with van der Waals surface area (Å²) in [5.41, 5.74) is 8.75. The molecule has 102 valence electrons. The van der Waals surface area contributed by atoms with Gasteiger partial charge in [0.05, 0.1) is 12.7 Å². The fourth-order valence-corrected chi connectivity index (χ4v) is 2.90. The van der Waals surface area contributed by atoms with Crippen molar-refractivity contribution in [2.24, 2.45) is 0 Å². The Labute approximate surface area is 120 Å². The van der Waals surface area contributed by atoms with Crippen LogP contribution in [0, 0.1) is 6.92 Å². The molecule has 0 atom stereocenters. The van der Waals surface area contributed by atoms with Crippen LogP contribution in [0.4, 0.5) is 5.82 Å². The van der Waals surface area contributed by atoms with Gasteiger partial charge in [0, 0.05) is 10.4 Å². The predicted octanol–water partition coefficient (Wildman–Crippen LogP) is 3.97. The average Bonchev–Trinajstić information content (AvgIpc) is 3.08. The number of nitrogen functional groups attached to an aromatic ring is 1. The van der Waals surface area contributed by atoms with Crippen molar-refractivity contribution in [3.8, 4) is 27.5 Å². The van der Waals surface area contributed by atoms with Gasteiger partial charge in [-0.2, -0.15) is 0 Å². The lowest BCUT2D eigenvalue weighted by Crippen LogP contribution is -1.89. The molecule has 0 aliphatic heterocycles. The first kappa shape index (κ1) is 12.7. The van der Waals surface area contributed by atoms with E-state index in [1.807, 2.05) is 42.6 Å². The zero-order valence-electron chi connectivity index (χ0n) is 11.2. The summed E-state index contributed by atoms with van der Waals surface area (Å²) in [5.74, 6) is 1.89. The van der Waals surface area contributed by atoms with Crippen molar-refractivity contribution in [3.63, 3.8) is 0 Å². The van der Waals surface area contributed by atoms with E-state index >= 15 is 0 Å². The number of methoxy groups -OCH3 is 1. The minimum Gasteiger partial charge on any atom is -0.496 e. The normalized spacial score (nSPS) is 10.7. The van der Waals surface area contributed by atoms with E-state index in [0.29, 0.717) is 11.6 Å². The van der Waals surface area contributed by atoms with Gasteiger partial charge in [-0.25, -0.2) is 0 Å². The highest BCUT2D eigenvalue weighted by Gasteiger charge is 2.19. The van der Waals surface area contributed by atoms with Gasteiger partial charge in [0.2, 0.25) is 0 Å². The number of nitrogens with zero attached hydrogens (tertiary/aromatic N) is 1. The summed E-state index contributed by atoms with van der Waals surface area (Å²) in [4.78, 5) is 1.04. The molecule has 0 saturated heterocycles. The van der Waals surface area contributed by atoms with Crippen molar-refractivity contribution in [2.45, 2.75) is 6.92 Å². The van der Waals surface area contributed by atoms with Gasteiger partial charge in [0.1, 0.15) is 5.75 Å². The van der Waals surface area contributed by atoms with E-state index in [2.05, 4.69) is 5.16 Å². The zero-order valence-corrected chi connectivity index (χ0v) is 12.0. The third kappa shape index (κ3) is 2.06. The molecule has 0 spiro atoms. The number of hydrogen-bond donors (Lipinski definition) is 1. The van der Waals surface area contributed by atoms with Crippen molar-refractivity contribution in [1.82, 2.24) is 5.16 Å². The fourth-order valence-electron chi connectivity index (χ4n) is 2.12. The fraction of sp³-hybridized carbons (Fsp3) is 0.133. The van der Waals surface area contributed by atoms with Gasteiger partial charge in [-0.15, -0.1) is 11.3 Å². The van der Waals surface area contributed by atoms with Gasteiger partial charge in [-0.3, -0.25) is 0 Å². The molecule has 1 aromatic carbocycles. The number of hydrogen-bond acceptors (Lipinski definition) is 5. The molecule has 5 heteroatoms. The Morgan fingerprint density at radius 1 is 1.30 bits per heavy atom. The Balaban J connectivity index is 2.16. The summed E-state index contributed by atoms with van der Waals surface area (Å²) in [5, 5.41) is 5.90. The monoisotopic (exact) mass is 286 g/mol. The first-order valence-corrected chi connectivity index (χ1v) is 7.02. The Morgan fingerprint density at radius 3 is 2.85 bits per heavy atom. The Kier molecular flexibility index (Phi) is 3.20. The molecule has 0 aliphatic carbocycles. The van der Waals surface area contributed by atoms with Crippen LogP contribution in [-0.4, -0.2) is 12.3 Å². The van der Waals surface area contributed by atoms with E-state index in [9.17, 15) is 0 Å². The van der Waals surface area contributed by atoms with E-state index < -0.39 is 0 Å². The van der Waals surface area contributed by atoms with Crippen LogP contribution in [-0.2, 0) is 0 Å². The summed E-state index contributed by atoms with van der Waals surface area (Å²) in [6.07, 6.45) is 0. The first-order chi connectivity index (χ1) is 9.70. The van der Waals surface area contributed by atoms with E-state index in [1.54, 1.807) is 18.4 Å². The van der Waals surface area contributed by atoms with Crippen LogP contribution >= 0.6 is 11.3 Å². The van der Waals surface area contributed by atoms with Crippen molar-refractivity contribution >= 4 is 17.2 Å². The smallest absolute Gasteiger partial charge is 0.177 e. The minimum absolute atomic E-state index is 0.405. The molecule has 3 aromatic rings. The van der Waals surface area contributed by atoms with E-state index in [-0.39, 0.29) is 0 Å². The molecule has 3 rings (SSSR count). The van der Waals surface area contributed by atoms with E-state index in [0.717, 1.165) is 27.3 Å². The first-order valence-electron chi connectivity index (χ1n) is 6.14. The standard InChI is InChI=1S/C15H14N2O2S/c1-9-5-6-10(8-11(9)18-2)14-13(15(16)17-19-14)12-4-3-7-20-12/h3-8H,1-2H3,(H2,16,17). The van der Waals surface area contributed by atoms with Crippen LogP contribution in [0.5, 0.6) is 5.75 Å². The molecule has 0 saturated carbocycles. The molecule has 0 radical (unpaired) electrons. The number of benzene rings is 1. The molecule has 4 nitrogen and oxygen atoms in total. The van der Waals surface area contributed by atoms with Crippen molar-refractivity contribution < 1.29 is 9.26 Å².